The first-order valence-electron chi connectivity index (χ1n) is 7.67. The molecule has 0 saturated carbocycles. The zero-order valence-electron chi connectivity index (χ0n) is 14.0. The molecule has 0 spiro atoms. The molecule has 1 aromatic carbocycles. The molecule has 1 amide bonds. The molecule has 1 fully saturated rings. The molecule has 0 aliphatic carbocycles. The highest BCUT2D eigenvalue weighted by Gasteiger charge is 2.53. The molecule has 0 bridgehead atoms. The van der Waals surface area contributed by atoms with Crippen molar-refractivity contribution in [2.45, 2.75) is 44.9 Å². The predicted octanol–water partition coefficient (Wildman–Crippen LogP) is 2.41. The second kappa shape index (κ2) is 6.20. The van der Waals surface area contributed by atoms with Crippen molar-refractivity contribution in [1.29, 1.82) is 0 Å². The van der Waals surface area contributed by atoms with Crippen molar-refractivity contribution in [3.63, 3.8) is 0 Å². The number of carboxylic acid groups (broad SMARTS) is 1. The Hall–Kier alpha value is -2.08. The summed E-state index contributed by atoms with van der Waals surface area (Å²) in [5, 5.41) is 12.7. The molecule has 23 heavy (non-hydrogen) atoms. The lowest BCUT2D eigenvalue weighted by atomic mass is 9.88. The van der Waals surface area contributed by atoms with E-state index >= 15 is 0 Å². The minimum absolute atomic E-state index is 0.0917. The number of nitrogens with one attached hydrogen (secondary N) is 1. The van der Waals surface area contributed by atoms with Crippen LogP contribution in [0.25, 0.3) is 0 Å². The Bertz CT molecular complexity index is 574. The highest BCUT2D eigenvalue weighted by Crippen LogP contribution is 2.27. The zero-order valence-corrected chi connectivity index (χ0v) is 14.0. The number of hydrogen-bond donors (Lipinski definition) is 2. The normalized spacial score (nSPS) is 18.0. The maximum atomic E-state index is 12.0. The monoisotopic (exact) mass is 320 g/mol. The lowest BCUT2D eigenvalue weighted by molar-refractivity contribution is -0.152. The van der Waals surface area contributed by atoms with Gasteiger partial charge in [-0.15, -0.1) is 0 Å². The van der Waals surface area contributed by atoms with Gasteiger partial charge in [0.2, 0.25) is 0 Å². The summed E-state index contributed by atoms with van der Waals surface area (Å²) in [6, 6.07) is 9.49. The van der Waals surface area contributed by atoms with Crippen LogP contribution in [-0.2, 0) is 9.53 Å². The summed E-state index contributed by atoms with van der Waals surface area (Å²) in [6.07, 6.45) is -0.483. The Balaban J connectivity index is 2.01. The molecule has 1 heterocycles. The van der Waals surface area contributed by atoms with Crippen molar-refractivity contribution in [3.05, 3.63) is 35.9 Å². The largest absolute Gasteiger partial charge is 0.480 e. The molecule has 0 radical (unpaired) electrons. The summed E-state index contributed by atoms with van der Waals surface area (Å²) in [6.45, 7) is 7.44. The quantitative estimate of drug-likeness (QED) is 0.890. The first-order valence-corrected chi connectivity index (χ1v) is 7.67. The average Bonchev–Trinajstić information content (AvgIpc) is 2.40. The van der Waals surface area contributed by atoms with Crippen LogP contribution < -0.4 is 5.32 Å². The third-order valence-electron chi connectivity index (χ3n) is 3.78. The molecule has 6 heteroatoms. The van der Waals surface area contributed by atoms with Crippen molar-refractivity contribution in [1.82, 2.24) is 10.2 Å². The predicted molar refractivity (Wildman–Crippen MR) is 86.2 cm³/mol. The molecule has 2 rings (SSSR count). The van der Waals surface area contributed by atoms with Gasteiger partial charge in [-0.1, -0.05) is 30.3 Å². The fourth-order valence-corrected chi connectivity index (χ4v) is 2.59. The molecule has 1 aliphatic rings. The van der Waals surface area contributed by atoms with Gasteiger partial charge < -0.3 is 14.7 Å². The number of rotatable bonds is 4. The smallest absolute Gasteiger partial charge is 0.410 e. The van der Waals surface area contributed by atoms with E-state index in [1.807, 2.05) is 37.3 Å². The number of hydrogen-bond acceptors (Lipinski definition) is 4. The molecule has 1 aromatic rings. The van der Waals surface area contributed by atoms with Gasteiger partial charge in [0, 0.05) is 6.04 Å². The number of carboxylic acids is 1. The molecule has 1 saturated heterocycles. The fourth-order valence-electron chi connectivity index (χ4n) is 2.59. The topological polar surface area (TPSA) is 78.9 Å². The molecular formula is C17H24N2O4. The van der Waals surface area contributed by atoms with Gasteiger partial charge >= 0.3 is 12.1 Å². The summed E-state index contributed by atoms with van der Waals surface area (Å²) in [4.78, 5) is 25.1. The molecule has 6 nitrogen and oxygen atoms in total. The molecule has 1 atom stereocenters. The van der Waals surface area contributed by atoms with E-state index in [-0.39, 0.29) is 19.1 Å². The molecule has 2 N–H and O–H groups in total. The second-order valence-corrected chi connectivity index (χ2v) is 7.00. The van der Waals surface area contributed by atoms with E-state index in [4.69, 9.17) is 4.74 Å². The third-order valence-corrected chi connectivity index (χ3v) is 3.78. The van der Waals surface area contributed by atoms with Gasteiger partial charge in [0.25, 0.3) is 0 Å². The highest BCUT2D eigenvalue weighted by molar-refractivity contribution is 5.84. The summed E-state index contributed by atoms with van der Waals surface area (Å²) < 4.78 is 5.27. The van der Waals surface area contributed by atoms with E-state index in [1.165, 1.54) is 4.90 Å². The van der Waals surface area contributed by atoms with E-state index in [9.17, 15) is 14.7 Å². The number of carbonyl (C=O) groups excluding carboxylic acids is 1. The van der Waals surface area contributed by atoms with Crippen LogP contribution in [0.5, 0.6) is 0 Å². The number of likely N-dealkylation sites (tertiary alicyclic amines) is 1. The van der Waals surface area contributed by atoms with Crippen molar-refractivity contribution >= 4 is 12.1 Å². The molecule has 1 aliphatic heterocycles. The number of aliphatic carboxylic acids is 1. The van der Waals surface area contributed by atoms with Gasteiger partial charge in [0.1, 0.15) is 5.60 Å². The molecule has 1 unspecified atom stereocenters. The first kappa shape index (κ1) is 17.3. The van der Waals surface area contributed by atoms with Gasteiger partial charge in [0.05, 0.1) is 13.1 Å². The van der Waals surface area contributed by atoms with Crippen molar-refractivity contribution in [2.24, 2.45) is 0 Å². The van der Waals surface area contributed by atoms with Crippen LogP contribution in [0.1, 0.15) is 39.3 Å². The van der Waals surface area contributed by atoms with Crippen LogP contribution in [0.4, 0.5) is 4.79 Å². The summed E-state index contributed by atoms with van der Waals surface area (Å²) >= 11 is 0. The van der Waals surface area contributed by atoms with Crippen molar-refractivity contribution in [2.75, 3.05) is 13.1 Å². The van der Waals surface area contributed by atoms with Crippen LogP contribution in [0.15, 0.2) is 30.3 Å². The molecule has 126 valence electrons. The lowest BCUT2D eigenvalue weighted by Gasteiger charge is -2.48. The number of nitrogens with zero attached hydrogens (tertiary/aromatic N) is 1. The number of amides is 1. The molecular weight excluding hydrogens is 296 g/mol. The van der Waals surface area contributed by atoms with Crippen LogP contribution in [0.2, 0.25) is 0 Å². The van der Waals surface area contributed by atoms with Crippen molar-refractivity contribution < 1.29 is 19.4 Å². The fraction of sp³-hybridized carbons (Fsp3) is 0.529. The van der Waals surface area contributed by atoms with Crippen LogP contribution >= 0.6 is 0 Å². The SMILES string of the molecule is CC(NC1(C(=O)O)CN(C(=O)OC(C)(C)C)C1)c1ccccc1. The highest BCUT2D eigenvalue weighted by atomic mass is 16.6. The maximum absolute atomic E-state index is 12.0. The van der Waals surface area contributed by atoms with Crippen LogP contribution in [0.3, 0.4) is 0 Å². The molecule has 0 aromatic heterocycles. The van der Waals surface area contributed by atoms with E-state index in [1.54, 1.807) is 20.8 Å². The first-order chi connectivity index (χ1) is 10.6. The minimum atomic E-state index is -1.13. The maximum Gasteiger partial charge on any atom is 0.410 e. The number of carbonyl (C=O) groups is 2. The standard InChI is InChI=1S/C17H24N2O4/c1-12(13-8-6-5-7-9-13)18-17(14(20)21)10-19(11-17)15(22)23-16(2,3)4/h5-9,12,18H,10-11H2,1-4H3,(H,20,21). The Morgan fingerprint density at radius 3 is 2.30 bits per heavy atom. The van der Waals surface area contributed by atoms with Gasteiger partial charge in [-0.3, -0.25) is 10.1 Å². The Morgan fingerprint density at radius 2 is 1.83 bits per heavy atom. The summed E-state index contributed by atoms with van der Waals surface area (Å²) in [5.74, 6) is -0.958. The zero-order chi connectivity index (χ0) is 17.3. The summed E-state index contributed by atoms with van der Waals surface area (Å²) in [5.41, 5.74) is -0.723. The average molecular weight is 320 g/mol. The van der Waals surface area contributed by atoms with Crippen molar-refractivity contribution in [3.8, 4) is 0 Å². The van der Waals surface area contributed by atoms with E-state index in [2.05, 4.69) is 5.32 Å². The number of ether oxygens (including phenoxy) is 1. The summed E-state index contributed by atoms with van der Waals surface area (Å²) in [7, 11) is 0. The van der Waals surface area contributed by atoms with E-state index in [0.29, 0.717) is 0 Å². The third kappa shape index (κ3) is 4.01. The minimum Gasteiger partial charge on any atom is -0.480 e. The van der Waals surface area contributed by atoms with Gasteiger partial charge in [0.15, 0.2) is 5.54 Å². The lowest BCUT2D eigenvalue weighted by Crippen LogP contribution is -2.74. The number of benzene rings is 1. The second-order valence-electron chi connectivity index (χ2n) is 7.00. The van der Waals surface area contributed by atoms with E-state index in [0.717, 1.165) is 5.56 Å². The Morgan fingerprint density at radius 1 is 1.26 bits per heavy atom. The van der Waals surface area contributed by atoms with Crippen LogP contribution in [-0.4, -0.2) is 46.3 Å². The van der Waals surface area contributed by atoms with Gasteiger partial charge in [-0.25, -0.2) is 4.79 Å². The van der Waals surface area contributed by atoms with Crippen LogP contribution in [0, 0.1) is 0 Å². The Labute approximate surface area is 136 Å². The van der Waals surface area contributed by atoms with Gasteiger partial charge in [-0.2, -0.15) is 0 Å². The van der Waals surface area contributed by atoms with E-state index < -0.39 is 23.2 Å². The van der Waals surface area contributed by atoms with Gasteiger partial charge in [-0.05, 0) is 33.3 Å². The Kier molecular flexibility index (Phi) is 4.66.